The summed E-state index contributed by atoms with van der Waals surface area (Å²) in [6.07, 6.45) is 0.578. The minimum atomic E-state index is -0.605. The number of ether oxygens (including phenoxy) is 4. The van der Waals surface area contributed by atoms with Crippen LogP contribution in [0.4, 0.5) is 0 Å². The monoisotopic (exact) mass is 386 g/mol. The highest BCUT2D eigenvalue weighted by Gasteiger charge is 2.23. The molecule has 0 fully saturated rings. The second kappa shape index (κ2) is 9.55. The van der Waals surface area contributed by atoms with Crippen molar-refractivity contribution in [1.82, 2.24) is 0 Å². The van der Waals surface area contributed by atoms with E-state index in [1.807, 2.05) is 24.3 Å². The number of rotatable bonds is 8. The summed E-state index contributed by atoms with van der Waals surface area (Å²) in [5, 5.41) is 0. The SMILES string of the molecule is COc1ccc(CCC(=O)c2c(OC(C)=O)cc(OC)cc2OC(C)=O)cc1. The van der Waals surface area contributed by atoms with Crippen LogP contribution in [0.3, 0.4) is 0 Å². The van der Waals surface area contributed by atoms with Crippen LogP contribution in [0, 0.1) is 0 Å². The van der Waals surface area contributed by atoms with Crippen molar-refractivity contribution in [3.63, 3.8) is 0 Å². The van der Waals surface area contributed by atoms with E-state index in [0.29, 0.717) is 12.2 Å². The Morgan fingerprint density at radius 1 is 0.786 bits per heavy atom. The number of carbonyl (C=O) groups is 3. The molecule has 148 valence electrons. The maximum Gasteiger partial charge on any atom is 0.308 e. The van der Waals surface area contributed by atoms with Gasteiger partial charge in [-0.05, 0) is 24.1 Å². The summed E-state index contributed by atoms with van der Waals surface area (Å²) in [6.45, 7) is 2.44. The number of aryl methyl sites for hydroxylation is 1. The molecule has 0 aliphatic rings. The molecule has 0 saturated heterocycles. The van der Waals surface area contributed by atoms with Crippen LogP contribution >= 0.6 is 0 Å². The van der Waals surface area contributed by atoms with E-state index in [9.17, 15) is 14.4 Å². The van der Waals surface area contributed by atoms with Crippen molar-refractivity contribution in [3.8, 4) is 23.0 Å². The lowest BCUT2D eigenvalue weighted by Gasteiger charge is -2.15. The zero-order valence-corrected chi connectivity index (χ0v) is 16.2. The Bertz CT molecular complexity index is 832. The number of esters is 2. The molecule has 2 rings (SSSR count). The topological polar surface area (TPSA) is 88.1 Å². The third-order valence-corrected chi connectivity index (χ3v) is 3.86. The first kappa shape index (κ1) is 21.0. The number of Topliss-reactive ketones (excluding diaryl/α,β-unsaturated/α-hetero) is 1. The lowest BCUT2D eigenvalue weighted by Crippen LogP contribution is -2.13. The lowest BCUT2D eigenvalue weighted by molar-refractivity contribution is -0.132. The maximum absolute atomic E-state index is 12.9. The van der Waals surface area contributed by atoms with Gasteiger partial charge in [0.1, 0.15) is 28.6 Å². The largest absolute Gasteiger partial charge is 0.497 e. The van der Waals surface area contributed by atoms with Crippen molar-refractivity contribution in [2.24, 2.45) is 0 Å². The molecule has 0 radical (unpaired) electrons. The molecule has 7 nitrogen and oxygen atoms in total. The van der Waals surface area contributed by atoms with Crippen molar-refractivity contribution in [2.45, 2.75) is 26.7 Å². The number of hydrogen-bond acceptors (Lipinski definition) is 7. The third-order valence-electron chi connectivity index (χ3n) is 3.86. The first-order valence-electron chi connectivity index (χ1n) is 8.59. The summed E-state index contributed by atoms with van der Waals surface area (Å²) in [5.41, 5.74) is 0.963. The highest BCUT2D eigenvalue weighted by atomic mass is 16.5. The fraction of sp³-hybridized carbons (Fsp3) is 0.286. The molecule has 0 spiro atoms. The second-order valence-corrected chi connectivity index (χ2v) is 5.96. The molecule has 0 unspecified atom stereocenters. The van der Waals surface area contributed by atoms with Crippen molar-refractivity contribution in [3.05, 3.63) is 47.5 Å². The Morgan fingerprint density at radius 3 is 1.71 bits per heavy atom. The van der Waals surface area contributed by atoms with Gasteiger partial charge in [-0.1, -0.05) is 12.1 Å². The Kier molecular flexibility index (Phi) is 7.14. The smallest absolute Gasteiger partial charge is 0.308 e. The molecule has 7 heteroatoms. The fourth-order valence-electron chi connectivity index (χ4n) is 2.60. The van der Waals surface area contributed by atoms with Crippen LogP contribution in [0.5, 0.6) is 23.0 Å². The van der Waals surface area contributed by atoms with Crippen LogP contribution in [0.2, 0.25) is 0 Å². The predicted molar refractivity (Wildman–Crippen MR) is 101 cm³/mol. The van der Waals surface area contributed by atoms with Crippen LogP contribution in [0.1, 0.15) is 36.2 Å². The molecule has 0 amide bonds. The van der Waals surface area contributed by atoms with Crippen molar-refractivity contribution >= 4 is 17.7 Å². The summed E-state index contributed by atoms with van der Waals surface area (Å²) >= 11 is 0. The zero-order valence-electron chi connectivity index (χ0n) is 16.2. The van der Waals surface area contributed by atoms with E-state index in [2.05, 4.69) is 0 Å². The molecule has 0 N–H and O–H groups in total. The standard InChI is InChI=1S/C21H22O7/c1-13(22)27-19-11-17(26-4)12-20(28-14(2)23)21(19)18(24)10-7-15-5-8-16(25-3)9-6-15/h5-6,8-9,11-12H,7,10H2,1-4H3. The highest BCUT2D eigenvalue weighted by Crippen LogP contribution is 2.36. The van der Waals surface area contributed by atoms with Gasteiger partial charge in [0, 0.05) is 32.4 Å². The number of hydrogen-bond donors (Lipinski definition) is 0. The van der Waals surface area contributed by atoms with E-state index in [1.54, 1.807) is 7.11 Å². The van der Waals surface area contributed by atoms with Gasteiger partial charge in [0.25, 0.3) is 0 Å². The van der Waals surface area contributed by atoms with Crippen LogP contribution in [-0.2, 0) is 16.0 Å². The third kappa shape index (κ3) is 5.57. The average molecular weight is 386 g/mol. The Hall–Kier alpha value is -3.35. The van der Waals surface area contributed by atoms with E-state index in [-0.39, 0.29) is 29.3 Å². The van der Waals surface area contributed by atoms with Crippen LogP contribution in [0.15, 0.2) is 36.4 Å². The Labute approximate surface area is 163 Å². The van der Waals surface area contributed by atoms with Gasteiger partial charge in [-0.15, -0.1) is 0 Å². The van der Waals surface area contributed by atoms with Gasteiger partial charge in [0.15, 0.2) is 5.78 Å². The molecular weight excluding hydrogens is 364 g/mol. The highest BCUT2D eigenvalue weighted by molar-refractivity contribution is 6.02. The van der Waals surface area contributed by atoms with E-state index in [1.165, 1.54) is 33.1 Å². The molecule has 0 atom stereocenters. The Balaban J connectivity index is 2.34. The average Bonchev–Trinajstić information content (AvgIpc) is 2.65. The Morgan fingerprint density at radius 2 is 1.29 bits per heavy atom. The van der Waals surface area contributed by atoms with Gasteiger partial charge in [0.05, 0.1) is 14.2 Å². The van der Waals surface area contributed by atoms with E-state index >= 15 is 0 Å². The molecule has 2 aromatic rings. The number of benzene rings is 2. The van der Waals surface area contributed by atoms with Crippen molar-refractivity contribution < 1.29 is 33.3 Å². The summed E-state index contributed by atoms with van der Waals surface area (Å²) < 4.78 is 20.6. The summed E-state index contributed by atoms with van der Waals surface area (Å²) in [6, 6.07) is 10.2. The quantitative estimate of drug-likeness (QED) is 0.390. The fourth-order valence-corrected chi connectivity index (χ4v) is 2.60. The number of carbonyl (C=O) groups excluding carboxylic acids is 3. The molecule has 2 aromatic carbocycles. The van der Waals surface area contributed by atoms with Gasteiger partial charge in [-0.3, -0.25) is 14.4 Å². The zero-order chi connectivity index (χ0) is 20.7. The predicted octanol–water partition coefficient (Wildman–Crippen LogP) is 3.37. The van der Waals surface area contributed by atoms with Gasteiger partial charge in [0.2, 0.25) is 0 Å². The minimum Gasteiger partial charge on any atom is -0.497 e. The van der Waals surface area contributed by atoms with Crippen molar-refractivity contribution in [1.29, 1.82) is 0 Å². The molecule has 0 bridgehead atoms. The number of ketones is 1. The minimum absolute atomic E-state index is 0.0113. The van der Waals surface area contributed by atoms with Crippen LogP contribution < -0.4 is 18.9 Å². The normalized spacial score (nSPS) is 10.1. The molecule has 0 aromatic heterocycles. The van der Waals surface area contributed by atoms with Gasteiger partial charge < -0.3 is 18.9 Å². The van der Waals surface area contributed by atoms with Crippen LogP contribution in [0.25, 0.3) is 0 Å². The van der Waals surface area contributed by atoms with E-state index < -0.39 is 11.9 Å². The molecule has 28 heavy (non-hydrogen) atoms. The molecule has 0 aliphatic heterocycles. The first-order valence-corrected chi connectivity index (χ1v) is 8.59. The molecular formula is C21H22O7. The van der Waals surface area contributed by atoms with Crippen molar-refractivity contribution in [2.75, 3.05) is 14.2 Å². The summed E-state index contributed by atoms with van der Waals surface area (Å²) in [4.78, 5) is 35.8. The van der Waals surface area contributed by atoms with Gasteiger partial charge >= 0.3 is 11.9 Å². The van der Waals surface area contributed by atoms with Crippen LogP contribution in [-0.4, -0.2) is 31.9 Å². The first-order chi connectivity index (χ1) is 13.3. The maximum atomic E-state index is 12.9. The van der Waals surface area contributed by atoms with Gasteiger partial charge in [-0.2, -0.15) is 0 Å². The van der Waals surface area contributed by atoms with Gasteiger partial charge in [-0.25, -0.2) is 0 Å². The summed E-state index contributed by atoms with van der Waals surface area (Å²) in [5.74, 6) is -0.548. The second-order valence-electron chi connectivity index (χ2n) is 5.96. The lowest BCUT2D eigenvalue weighted by atomic mass is 10.0. The molecule has 0 saturated carbocycles. The van der Waals surface area contributed by atoms with E-state index in [4.69, 9.17) is 18.9 Å². The number of methoxy groups -OCH3 is 2. The molecule has 0 aliphatic carbocycles. The molecule has 0 heterocycles. The summed E-state index contributed by atoms with van der Waals surface area (Å²) in [7, 11) is 2.99. The van der Waals surface area contributed by atoms with E-state index in [0.717, 1.165) is 11.3 Å².